The lowest BCUT2D eigenvalue weighted by molar-refractivity contribution is -0.135. The maximum absolute atomic E-state index is 12.2. The number of ether oxygens (including phenoxy) is 1. The number of nitrogen functional groups attached to an aromatic ring is 1. The fraction of sp³-hybridized carbons (Fsp3) is 0.467. The third-order valence-electron chi connectivity index (χ3n) is 5.13. The Morgan fingerprint density at radius 3 is 2.56 bits per heavy atom. The molecule has 0 amide bonds. The molecular weight excluding hydrogens is 554 g/mol. The summed E-state index contributed by atoms with van der Waals surface area (Å²) in [4.78, 5) is 42.3. The Hall–Kier alpha value is -2.07. The van der Waals surface area contributed by atoms with Crippen molar-refractivity contribution in [3.05, 3.63) is 12.5 Å². The molecule has 1 saturated heterocycles. The van der Waals surface area contributed by atoms with E-state index in [-0.39, 0.29) is 17.1 Å². The van der Waals surface area contributed by atoms with Crippen LogP contribution >= 0.6 is 27.2 Å². The van der Waals surface area contributed by atoms with Gasteiger partial charge in [0.15, 0.2) is 23.5 Å². The van der Waals surface area contributed by atoms with Crippen LogP contribution in [0, 0.1) is 11.3 Å². The van der Waals surface area contributed by atoms with Crippen molar-refractivity contribution >= 4 is 50.1 Å². The highest BCUT2D eigenvalue weighted by atomic mass is 35.5. The second kappa shape index (κ2) is 9.04. The first kappa shape index (κ1) is 27.0. The van der Waals surface area contributed by atoms with Crippen molar-refractivity contribution in [2.45, 2.75) is 35.9 Å². The lowest BCUT2D eigenvalue weighted by Crippen LogP contribution is -2.53. The molecule has 2 fully saturated rings. The van der Waals surface area contributed by atoms with Gasteiger partial charge >= 0.3 is 15.6 Å². The van der Waals surface area contributed by atoms with Crippen LogP contribution in [0.15, 0.2) is 12.5 Å². The molecule has 2 aliphatic rings. The number of fused-ring (bicyclic) bond motifs is 1. The monoisotopic (exact) mass is 570 g/mol. The van der Waals surface area contributed by atoms with Gasteiger partial charge in [-0.25, -0.2) is 19.1 Å². The fourth-order valence-electron chi connectivity index (χ4n) is 3.31. The molecule has 0 aromatic carbocycles. The number of nitrogens with zero attached hydrogens (tertiary/aromatic N) is 4. The van der Waals surface area contributed by atoms with Gasteiger partial charge in [-0.15, -0.1) is 0 Å². The number of hydrogen-bond donors (Lipinski definition) is 7. The number of phosphoric acid groups is 2. The highest BCUT2D eigenvalue weighted by Gasteiger charge is 2.68. The number of aromatic nitrogens is 4. The largest absolute Gasteiger partial charge is 0.482 e. The van der Waals surface area contributed by atoms with Gasteiger partial charge in [-0.1, -0.05) is 5.92 Å². The second-order valence-electron chi connectivity index (χ2n) is 7.60. The van der Waals surface area contributed by atoms with E-state index in [1.165, 1.54) is 17.1 Å². The number of Topliss-reactive ketones (excluding diaryl/α,β-unsaturated/α-hetero) is 1. The molecule has 7 atom stereocenters. The number of imidazole rings is 1. The van der Waals surface area contributed by atoms with Crippen LogP contribution in [0.3, 0.4) is 0 Å². The van der Waals surface area contributed by atoms with Crippen LogP contribution < -0.4 is 11.5 Å². The van der Waals surface area contributed by atoms with Crippen LogP contribution in [0.25, 0.3) is 11.2 Å². The third-order valence-corrected chi connectivity index (χ3v) is 7.83. The molecule has 0 bridgehead atoms. The van der Waals surface area contributed by atoms with E-state index in [0.717, 1.165) is 0 Å². The van der Waals surface area contributed by atoms with E-state index in [0.29, 0.717) is 0 Å². The summed E-state index contributed by atoms with van der Waals surface area (Å²) >= 11 is 5.51. The summed E-state index contributed by atoms with van der Waals surface area (Å²) in [5.41, 5.74) is 10.3. The average molecular weight is 571 g/mol. The Balaban J connectivity index is 1.50. The van der Waals surface area contributed by atoms with Gasteiger partial charge < -0.3 is 41.3 Å². The standard InChI is InChI=1S/C15H17ClN6O12P2/c16-2-1-14(18)8(23)7(32-12(14)22-5-20-6-3-19-13(17)21-11(6)22)4-31-35(27,28)34-36(29,30)33-10-9(24)15(10,25)26/h3,5,7-8,10,12,23,25-26H,4,18H2,(H,27,28)(H,29,30)(H2,17,19,21)/t7-,8?,10?,12-,14?/m1/s1. The number of ketones is 1. The number of aliphatic hydroxyl groups excluding tert-OH is 1. The zero-order valence-corrected chi connectivity index (χ0v) is 20.0. The first-order valence-corrected chi connectivity index (χ1v) is 12.9. The van der Waals surface area contributed by atoms with Gasteiger partial charge in [-0.3, -0.25) is 18.4 Å². The maximum Gasteiger partial charge on any atom is 0.482 e. The van der Waals surface area contributed by atoms with Gasteiger partial charge in [-0.2, -0.15) is 9.29 Å². The summed E-state index contributed by atoms with van der Waals surface area (Å²) in [5, 5.41) is 31.0. The van der Waals surface area contributed by atoms with E-state index in [2.05, 4.69) is 34.2 Å². The zero-order chi connectivity index (χ0) is 26.7. The van der Waals surface area contributed by atoms with Gasteiger partial charge in [0.25, 0.3) is 5.79 Å². The Bertz CT molecular complexity index is 1380. The number of aliphatic hydroxyl groups is 3. The molecule has 196 valence electrons. The van der Waals surface area contributed by atoms with Crippen LogP contribution in [0.2, 0.25) is 0 Å². The number of carbonyl (C=O) groups excluding carboxylic acids is 1. The number of anilines is 1. The van der Waals surface area contributed by atoms with Crippen molar-refractivity contribution in [1.29, 1.82) is 0 Å². The molecule has 9 N–H and O–H groups in total. The average Bonchev–Trinajstić information content (AvgIpc) is 3.07. The smallest absolute Gasteiger partial charge is 0.387 e. The lowest BCUT2D eigenvalue weighted by Gasteiger charge is -2.27. The van der Waals surface area contributed by atoms with E-state index in [4.69, 9.17) is 38.0 Å². The topological polar surface area (TPSA) is 285 Å². The minimum Gasteiger partial charge on any atom is -0.387 e. The Labute approximate surface area is 204 Å². The van der Waals surface area contributed by atoms with Gasteiger partial charge in [-0.05, 0) is 11.6 Å². The predicted octanol–water partition coefficient (Wildman–Crippen LogP) is -2.55. The van der Waals surface area contributed by atoms with Gasteiger partial charge in [0.1, 0.15) is 17.7 Å². The molecule has 0 radical (unpaired) electrons. The normalized spacial score (nSPS) is 32.5. The molecule has 2 aromatic heterocycles. The summed E-state index contributed by atoms with van der Waals surface area (Å²) in [5.74, 6) is -2.14. The molecule has 0 spiro atoms. The minimum atomic E-state index is -5.51. The van der Waals surface area contributed by atoms with E-state index in [1.54, 1.807) is 0 Å². The number of carbonyl (C=O) groups is 1. The first-order valence-electron chi connectivity index (χ1n) is 9.50. The SMILES string of the molecule is Nc1ncc2ncn([C@@H]3O[C@H](COP(=O)(O)OP(=O)(O)OC4C(=O)C4(O)O)C(O)C3(N)C#CCl)c2n1. The highest BCUT2D eigenvalue weighted by molar-refractivity contribution is 7.61. The molecular formula is C15H17ClN6O12P2. The number of halogens is 1. The summed E-state index contributed by atoms with van der Waals surface area (Å²) in [6.07, 6.45) is -4.20. The van der Waals surface area contributed by atoms with Crippen molar-refractivity contribution in [1.82, 2.24) is 19.5 Å². The molecule has 18 nitrogen and oxygen atoms in total. The summed E-state index contributed by atoms with van der Waals surface area (Å²) in [7, 11) is -10.9. The molecule has 1 saturated carbocycles. The Morgan fingerprint density at radius 1 is 1.28 bits per heavy atom. The zero-order valence-electron chi connectivity index (χ0n) is 17.5. The van der Waals surface area contributed by atoms with Gasteiger partial charge in [0.05, 0.1) is 19.1 Å². The first-order chi connectivity index (χ1) is 16.6. The maximum atomic E-state index is 12.2. The lowest BCUT2D eigenvalue weighted by atomic mass is 9.92. The highest BCUT2D eigenvalue weighted by Crippen LogP contribution is 2.62. The van der Waals surface area contributed by atoms with E-state index in [9.17, 15) is 28.8 Å². The number of hydrogen-bond acceptors (Lipinski definition) is 15. The Kier molecular flexibility index (Phi) is 6.78. The van der Waals surface area contributed by atoms with Crippen LogP contribution in [0.5, 0.6) is 0 Å². The van der Waals surface area contributed by atoms with E-state index < -0.39 is 63.9 Å². The quantitative estimate of drug-likeness (QED) is 0.0975. The molecule has 2 aromatic rings. The number of nitrogens with two attached hydrogens (primary N) is 2. The fourth-order valence-corrected chi connectivity index (χ4v) is 5.71. The van der Waals surface area contributed by atoms with Crippen molar-refractivity contribution in [3.63, 3.8) is 0 Å². The molecule has 1 aliphatic heterocycles. The number of rotatable bonds is 8. The van der Waals surface area contributed by atoms with Crippen molar-refractivity contribution < 1.29 is 57.1 Å². The summed E-state index contributed by atoms with van der Waals surface area (Å²) < 4.78 is 43.8. The van der Waals surface area contributed by atoms with Crippen molar-refractivity contribution in [2.24, 2.45) is 5.73 Å². The van der Waals surface area contributed by atoms with Crippen LogP contribution in [-0.2, 0) is 32.0 Å². The van der Waals surface area contributed by atoms with Crippen LogP contribution in [0.1, 0.15) is 6.23 Å². The predicted molar refractivity (Wildman–Crippen MR) is 114 cm³/mol. The summed E-state index contributed by atoms with van der Waals surface area (Å²) in [6.45, 7) is -0.954. The molecule has 36 heavy (non-hydrogen) atoms. The molecule has 4 rings (SSSR count). The van der Waals surface area contributed by atoms with Crippen molar-refractivity contribution in [2.75, 3.05) is 12.3 Å². The Morgan fingerprint density at radius 2 is 1.94 bits per heavy atom. The third kappa shape index (κ3) is 4.90. The molecule has 1 aliphatic carbocycles. The van der Waals surface area contributed by atoms with Gasteiger partial charge in [0.2, 0.25) is 11.7 Å². The number of phosphoric ester groups is 2. The van der Waals surface area contributed by atoms with E-state index in [1.807, 2.05) is 5.38 Å². The molecule has 5 unspecified atom stereocenters. The van der Waals surface area contributed by atoms with Crippen molar-refractivity contribution in [3.8, 4) is 11.3 Å². The molecule has 21 heteroatoms. The van der Waals surface area contributed by atoms with E-state index >= 15 is 0 Å². The minimum absolute atomic E-state index is 0.115. The van der Waals surface area contributed by atoms with Gasteiger partial charge in [0, 0.05) is 5.38 Å². The van der Waals surface area contributed by atoms with Crippen LogP contribution in [0.4, 0.5) is 5.95 Å². The summed E-state index contributed by atoms with van der Waals surface area (Å²) in [6, 6.07) is 0. The van der Waals surface area contributed by atoms with Crippen LogP contribution in [-0.4, -0.2) is 86.7 Å². The molecule has 3 heterocycles. The second-order valence-corrected chi connectivity index (χ2v) is 10.8.